The van der Waals surface area contributed by atoms with Gasteiger partial charge in [-0.2, -0.15) is 13.2 Å². The molecule has 1 aliphatic heterocycles. The van der Waals surface area contributed by atoms with Gasteiger partial charge in [-0.15, -0.1) is 0 Å². The first-order valence-electron chi connectivity index (χ1n) is 2.42. The van der Waals surface area contributed by atoms with Crippen molar-refractivity contribution in [3.05, 3.63) is 0 Å². The van der Waals surface area contributed by atoms with Crippen LogP contribution in [0.25, 0.3) is 0 Å². The van der Waals surface area contributed by atoms with Gasteiger partial charge >= 0.3 is 13.5 Å². The zero-order chi connectivity index (χ0) is 7.83. The molecule has 0 saturated carbocycles. The average Bonchev–Trinajstić information content (AvgIpc) is 2.13. The number of halogens is 3. The maximum absolute atomic E-state index is 11.6. The van der Waals surface area contributed by atoms with Crippen molar-refractivity contribution >= 4 is 7.60 Å². The standard InChI is InChI=1S/C3H4F3O3P/c4-3(5,6)10(7)8-1-2-9-10/h1-2H2. The van der Waals surface area contributed by atoms with E-state index in [9.17, 15) is 17.7 Å². The van der Waals surface area contributed by atoms with Crippen molar-refractivity contribution in [2.75, 3.05) is 13.2 Å². The zero-order valence-corrected chi connectivity index (χ0v) is 5.61. The fourth-order valence-electron chi connectivity index (χ4n) is 0.499. The molecule has 0 radical (unpaired) electrons. The van der Waals surface area contributed by atoms with Gasteiger partial charge in [0, 0.05) is 0 Å². The molecule has 0 unspecified atom stereocenters. The fourth-order valence-corrected chi connectivity index (χ4v) is 1.50. The van der Waals surface area contributed by atoms with Gasteiger partial charge in [-0.1, -0.05) is 0 Å². The van der Waals surface area contributed by atoms with Crippen LogP contribution in [0.2, 0.25) is 0 Å². The molecular weight excluding hydrogens is 172 g/mol. The molecule has 0 amide bonds. The van der Waals surface area contributed by atoms with E-state index < -0.39 is 13.5 Å². The van der Waals surface area contributed by atoms with Crippen molar-refractivity contribution in [2.24, 2.45) is 0 Å². The zero-order valence-electron chi connectivity index (χ0n) is 4.72. The molecule has 0 bridgehead atoms. The Labute approximate surface area is 54.6 Å². The van der Waals surface area contributed by atoms with E-state index in [2.05, 4.69) is 9.05 Å². The van der Waals surface area contributed by atoms with Gasteiger partial charge in [0.05, 0.1) is 13.2 Å². The lowest BCUT2D eigenvalue weighted by Crippen LogP contribution is -2.08. The van der Waals surface area contributed by atoms with Crippen LogP contribution < -0.4 is 0 Å². The summed E-state index contributed by atoms with van der Waals surface area (Å²) < 4.78 is 53.2. The Morgan fingerprint density at radius 2 is 1.60 bits per heavy atom. The van der Waals surface area contributed by atoms with E-state index in [1.54, 1.807) is 0 Å². The van der Waals surface area contributed by atoms with Crippen molar-refractivity contribution in [3.8, 4) is 0 Å². The van der Waals surface area contributed by atoms with Crippen molar-refractivity contribution < 1.29 is 26.8 Å². The second-order valence-electron chi connectivity index (χ2n) is 1.63. The first-order valence-corrected chi connectivity index (χ1v) is 3.96. The van der Waals surface area contributed by atoms with Crippen LogP contribution >= 0.6 is 7.60 Å². The molecule has 0 aliphatic carbocycles. The Balaban J connectivity index is 2.78. The molecule has 1 saturated heterocycles. The molecule has 0 aromatic rings. The van der Waals surface area contributed by atoms with Crippen molar-refractivity contribution in [3.63, 3.8) is 0 Å². The lowest BCUT2D eigenvalue weighted by Gasteiger charge is -2.11. The molecule has 10 heavy (non-hydrogen) atoms. The Morgan fingerprint density at radius 3 is 1.80 bits per heavy atom. The molecule has 0 atom stereocenters. The Morgan fingerprint density at radius 1 is 1.20 bits per heavy atom. The van der Waals surface area contributed by atoms with Gasteiger partial charge in [-0.25, -0.2) is 4.57 Å². The van der Waals surface area contributed by atoms with Gasteiger partial charge in [0.2, 0.25) is 0 Å². The molecule has 3 nitrogen and oxygen atoms in total. The molecule has 1 rings (SSSR count). The Hall–Kier alpha value is -0.0600. The molecule has 1 aliphatic rings. The first-order chi connectivity index (χ1) is 4.46. The molecule has 0 N–H and O–H groups in total. The van der Waals surface area contributed by atoms with E-state index in [0.717, 1.165) is 0 Å². The molecule has 1 heterocycles. The smallest absolute Gasteiger partial charge is 0.300 e. The summed E-state index contributed by atoms with van der Waals surface area (Å²) in [6.45, 7) is -0.506. The highest BCUT2D eigenvalue weighted by molar-refractivity contribution is 7.55. The summed E-state index contributed by atoms with van der Waals surface area (Å²) in [5.74, 6) is -4.87. The molecule has 7 heteroatoms. The van der Waals surface area contributed by atoms with Crippen molar-refractivity contribution in [1.29, 1.82) is 0 Å². The molecule has 60 valence electrons. The predicted octanol–water partition coefficient (Wildman–Crippen LogP) is 1.75. The van der Waals surface area contributed by atoms with E-state index in [4.69, 9.17) is 0 Å². The van der Waals surface area contributed by atoms with Crippen LogP contribution in [0.1, 0.15) is 0 Å². The summed E-state index contributed by atoms with van der Waals surface area (Å²) in [6.07, 6.45) is 0. The van der Waals surface area contributed by atoms with E-state index in [-0.39, 0.29) is 13.2 Å². The average molecular weight is 176 g/mol. The summed E-state index contributed by atoms with van der Waals surface area (Å²) >= 11 is 0. The van der Waals surface area contributed by atoms with Gasteiger partial charge in [-0.3, -0.25) is 9.05 Å². The normalized spacial score (nSPS) is 25.1. The van der Waals surface area contributed by atoms with E-state index in [1.165, 1.54) is 0 Å². The van der Waals surface area contributed by atoms with Gasteiger partial charge in [0.25, 0.3) is 0 Å². The van der Waals surface area contributed by atoms with Crippen LogP contribution in [0.5, 0.6) is 0 Å². The van der Waals surface area contributed by atoms with Crippen LogP contribution in [0.15, 0.2) is 0 Å². The van der Waals surface area contributed by atoms with Crippen LogP contribution in [0, 0.1) is 0 Å². The summed E-state index contributed by atoms with van der Waals surface area (Å²) in [5.41, 5.74) is 0. The summed E-state index contributed by atoms with van der Waals surface area (Å²) in [4.78, 5) is 0. The molecule has 0 spiro atoms. The molecule has 0 aromatic carbocycles. The summed E-state index contributed by atoms with van der Waals surface area (Å²) in [7, 11) is -4.75. The van der Waals surface area contributed by atoms with Crippen LogP contribution in [-0.4, -0.2) is 19.1 Å². The highest BCUT2D eigenvalue weighted by Crippen LogP contribution is 2.64. The van der Waals surface area contributed by atoms with E-state index in [0.29, 0.717) is 0 Å². The quantitative estimate of drug-likeness (QED) is 0.527. The highest BCUT2D eigenvalue weighted by atomic mass is 31.2. The highest BCUT2D eigenvalue weighted by Gasteiger charge is 2.57. The maximum Gasteiger partial charge on any atom is 0.493 e. The minimum absolute atomic E-state index is 0.253. The van der Waals surface area contributed by atoms with Gasteiger partial charge in [-0.05, 0) is 0 Å². The SMILES string of the molecule is O=P1(C(F)(F)F)OCCO1. The van der Waals surface area contributed by atoms with E-state index >= 15 is 0 Å². The van der Waals surface area contributed by atoms with E-state index in [1.807, 2.05) is 0 Å². The molecule has 1 fully saturated rings. The third kappa shape index (κ3) is 1.19. The number of hydrogen-bond donors (Lipinski definition) is 0. The molecule has 0 aromatic heterocycles. The van der Waals surface area contributed by atoms with Gasteiger partial charge in [0.15, 0.2) is 0 Å². The summed E-state index contributed by atoms with van der Waals surface area (Å²) in [6, 6.07) is 0. The second kappa shape index (κ2) is 2.22. The monoisotopic (exact) mass is 176 g/mol. The third-order valence-corrected chi connectivity index (χ3v) is 2.58. The number of alkyl halides is 3. The second-order valence-corrected chi connectivity index (χ2v) is 3.65. The predicted molar refractivity (Wildman–Crippen MR) is 25.6 cm³/mol. The van der Waals surface area contributed by atoms with Crippen LogP contribution in [0.3, 0.4) is 0 Å². The largest absolute Gasteiger partial charge is 0.493 e. The summed E-state index contributed by atoms with van der Waals surface area (Å²) in [5, 5.41) is 0. The van der Waals surface area contributed by atoms with Gasteiger partial charge < -0.3 is 0 Å². The van der Waals surface area contributed by atoms with Gasteiger partial charge in [0.1, 0.15) is 0 Å². The fraction of sp³-hybridized carbons (Fsp3) is 1.00. The van der Waals surface area contributed by atoms with Crippen molar-refractivity contribution in [2.45, 2.75) is 5.92 Å². The Kier molecular flexibility index (Phi) is 1.78. The Bertz CT molecular complexity index is 166. The van der Waals surface area contributed by atoms with Crippen molar-refractivity contribution in [1.82, 2.24) is 0 Å². The molecular formula is C3H4F3O3P. The van der Waals surface area contributed by atoms with Crippen LogP contribution in [0.4, 0.5) is 13.2 Å². The third-order valence-electron chi connectivity index (χ3n) is 0.916. The minimum atomic E-state index is -4.87. The lowest BCUT2D eigenvalue weighted by atomic mass is 10.8. The maximum atomic E-state index is 11.6. The number of hydrogen-bond acceptors (Lipinski definition) is 3. The first kappa shape index (κ1) is 8.04. The minimum Gasteiger partial charge on any atom is -0.300 e. The van der Waals surface area contributed by atoms with Crippen LogP contribution in [-0.2, 0) is 13.6 Å². The lowest BCUT2D eigenvalue weighted by molar-refractivity contribution is -0.0660. The number of rotatable bonds is 0. The topological polar surface area (TPSA) is 35.5 Å².